The van der Waals surface area contributed by atoms with Gasteiger partial charge in [0.05, 0.1) is 6.61 Å². The van der Waals surface area contributed by atoms with Gasteiger partial charge < -0.3 is 29.8 Å². The van der Waals surface area contributed by atoms with Gasteiger partial charge in [0.2, 0.25) is 0 Å². The average Bonchev–Trinajstić information content (AvgIpc) is 2.28. The molecule has 1 heterocycles. The second-order valence-corrected chi connectivity index (χ2v) is 4.07. The van der Waals surface area contributed by atoms with E-state index in [-0.39, 0.29) is 0 Å². The summed E-state index contributed by atoms with van der Waals surface area (Å²) in [4.78, 5) is 16.6. The number of ether oxygens (including phenoxy) is 1. The van der Waals surface area contributed by atoms with Crippen LogP contribution in [-0.4, -0.2) is 56.3 Å². The Labute approximate surface area is 78.9 Å². The highest BCUT2D eigenvalue weighted by atomic mass is 31.2. The Morgan fingerprint density at radius 1 is 1.21 bits per heavy atom. The number of phosphoric acid groups is 1. The van der Waals surface area contributed by atoms with Crippen LogP contribution in [0.1, 0.15) is 0 Å². The van der Waals surface area contributed by atoms with Gasteiger partial charge >= 0.3 is 7.82 Å². The predicted octanol–water partition coefficient (Wildman–Crippen LogP) is -2.47. The standard InChI is InChI=1S/C5H11O8P/c6-3-2(1-12-14(9,10)11)13-5(8)4(3)7/h2-8H,1H2,(H2,9,10,11)/t2-,3-,4+,5?/m1/s1. The van der Waals surface area contributed by atoms with Crippen LogP contribution in [0, 0.1) is 0 Å². The lowest BCUT2D eigenvalue weighted by molar-refractivity contribution is -0.132. The molecular weight excluding hydrogens is 219 g/mol. The monoisotopic (exact) mass is 230 g/mol. The van der Waals surface area contributed by atoms with Crippen LogP contribution >= 0.6 is 7.82 Å². The quantitative estimate of drug-likeness (QED) is 0.336. The maximum atomic E-state index is 10.3. The van der Waals surface area contributed by atoms with Crippen molar-refractivity contribution in [2.24, 2.45) is 0 Å². The summed E-state index contributed by atoms with van der Waals surface area (Å²) in [5, 5.41) is 27.0. The van der Waals surface area contributed by atoms with E-state index in [0.29, 0.717) is 0 Å². The van der Waals surface area contributed by atoms with Gasteiger partial charge in [-0.1, -0.05) is 0 Å². The fourth-order valence-corrected chi connectivity index (χ4v) is 1.38. The van der Waals surface area contributed by atoms with Crippen LogP contribution in [0.2, 0.25) is 0 Å². The van der Waals surface area contributed by atoms with Crippen LogP contribution in [0.5, 0.6) is 0 Å². The first-order chi connectivity index (χ1) is 6.31. The summed E-state index contributed by atoms with van der Waals surface area (Å²) < 4.78 is 18.9. The van der Waals surface area contributed by atoms with Gasteiger partial charge in [-0.3, -0.25) is 4.52 Å². The number of aliphatic hydroxyl groups excluding tert-OH is 3. The van der Waals surface area contributed by atoms with Crippen LogP contribution in [0.4, 0.5) is 0 Å². The molecule has 14 heavy (non-hydrogen) atoms. The van der Waals surface area contributed by atoms with Crippen molar-refractivity contribution in [1.82, 2.24) is 0 Å². The van der Waals surface area contributed by atoms with Gasteiger partial charge in [-0.2, -0.15) is 0 Å². The number of rotatable bonds is 3. The Balaban J connectivity index is 2.44. The Bertz CT molecular complexity index is 238. The molecule has 0 aliphatic carbocycles. The van der Waals surface area contributed by atoms with E-state index in [4.69, 9.17) is 25.1 Å². The van der Waals surface area contributed by atoms with Gasteiger partial charge in [0, 0.05) is 0 Å². The molecule has 8 nitrogen and oxygen atoms in total. The zero-order valence-corrected chi connectivity index (χ0v) is 7.82. The minimum absolute atomic E-state index is 0.612. The van der Waals surface area contributed by atoms with E-state index in [1.54, 1.807) is 0 Å². The van der Waals surface area contributed by atoms with Gasteiger partial charge in [-0.25, -0.2) is 4.57 Å². The van der Waals surface area contributed by atoms with E-state index in [2.05, 4.69) is 9.26 Å². The highest BCUT2D eigenvalue weighted by molar-refractivity contribution is 7.46. The smallest absolute Gasteiger partial charge is 0.387 e. The second kappa shape index (κ2) is 4.21. The number of hydrogen-bond donors (Lipinski definition) is 5. The summed E-state index contributed by atoms with van der Waals surface area (Å²) >= 11 is 0. The van der Waals surface area contributed by atoms with Crippen molar-refractivity contribution in [2.75, 3.05) is 6.61 Å². The van der Waals surface area contributed by atoms with Crippen LogP contribution in [0.15, 0.2) is 0 Å². The summed E-state index contributed by atoms with van der Waals surface area (Å²) in [7, 11) is -4.64. The molecule has 1 unspecified atom stereocenters. The highest BCUT2D eigenvalue weighted by Gasteiger charge is 2.42. The van der Waals surface area contributed by atoms with Crippen LogP contribution in [0.25, 0.3) is 0 Å². The highest BCUT2D eigenvalue weighted by Crippen LogP contribution is 2.36. The van der Waals surface area contributed by atoms with Crippen molar-refractivity contribution in [3.63, 3.8) is 0 Å². The van der Waals surface area contributed by atoms with E-state index in [1.165, 1.54) is 0 Å². The van der Waals surface area contributed by atoms with Crippen LogP contribution in [0.3, 0.4) is 0 Å². The molecule has 0 amide bonds. The Morgan fingerprint density at radius 3 is 2.14 bits per heavy atom. The molecule has 1 fully saturated rings. The Hall–Kier alpha value is -0.0500. The molecule has 0 radical (unpaired) electrons. The van der Waals surface area contributed by atoms with E-state index >= 15 is 0 Å². The Morgan fingerprint density at radius 2 is 1.79 bits per heavy atom. The molecule has 9 heteroatoms. The number of hydrogen-bond acceptors (Lipinski definition) is 6. The normalized spacial score (nSPS) is 38.9. The summed E-state index contributed by atoms with van der Waals surface area (Å²) in [6.45, 7) is -0.612. The molecule has 0 saturated carbocycles. The van der Waals surface area contributed by atoms with Crippen molar-refractivity contribution >= 4 is 7.82 Å². The van der Waals surface area contributed by atoms with Gasteiger partial charge in [0.25, 0.3) is 0 Å². The SMILES string of the molecule is O=P(O)(O)OC[C@H]1OC(O)[C@@H](O)[C@@H]1O. The largest absolute Gasteiger partial charge is 0.469 e. The van der Waals surface area contributed by atoms with Crippen molar-refractivity contribution in [3.8, 4) is 0 Å². The molecular formula is C5H11O8P. The van der Waals surface area contributed by atoms with Gasteiger partial charge in [-0.15, -0.1) is 0 Å². The van der Waals surface area contributed by atoms with E-state index in [1.807, 2.05) is 0 Å². The third-order valence-corrected chi connectivity index (χ3v) is 2.23. The lowest BCUT2D eigenvalue weighted by Crippen LogP contribution is -2.34. The first-order valence-electron chi connectivity index (χ1n) is 3.71. The van der Waals surface area contributed by atoms with E-state index < -0.39 is 39.0 Å². The topological polar surface area (TPSA) is 137 Å². The number of aliphatic hydroxyl groups is 3. The molecule has 1 aliphatic heterocycles. The van der Waals surface area contributed by atoms with Gasteiger partial charge in [0.15, 0.2) is 6.29 Å². The summed E-state index contributed by atoms with van der Waals surface area (Å²) in [5.41, 5.74) is 0. The third kappa shape index (κ3) is 2.97. The molecule has 84 valence electrons. The fourth-order valence-electron chi connectivity index (χ4n) is 1.04. The van der Waals surface area contributed by atoms with E-state index in [9.17, 15) is 4.57 Å². The molecule has 1 saturated heterocycles. The summed E-state index contributed by atoms with van der Waals surface area (Å²) in [6, 6.07) is 0. The maximum absolute atomic E-state index is 10.3. The summed E-state index contributed by atoms with van der Waals surface area (Å²) in [5.74, 6) is 0. The van der Waals surface area contributed by atoms with Crippen molar-refractivity contribution < 1.29 is 38.9 Å². The summed E-state index contributed by atoms with van der Waals surface area (Å²) in [6.07, 6.45) is -5.67. The van der Waals surface area contributed by atoms with Crippen LogP contribution in [-0.2, 0) is 13.8 Å². The van der Waals surface area contributed by atoms with Gasteiger partial charge in [0.1, 0.15) is 18.3 Å². The van der Waals surface area contributed by atoms with Gasteiger partial charge in [-0.05, 0) is 0 Å². The minimum Gasteiger partial charge on any atom is -0.387 e. The molecule has 0 aromatic rings. The Kier molecular flexibility index (Phi) is 3.62. The van der Waals surface area contributed by atoms with E-state index in [0.717, 1.165) is 0 Å². The fraction of sp³-hybridized carbons (Fsp3) is 1.00. The van der Waals surface area contributed by atoms with Crippen molar-refractivity contribution in [2.45, 2.75) is 24.6 Å². The minimum atomic E-state index is -4.64. The molecule has 0 aromatic heterocycles. The number of phosphoric ester groups is 1. The maximum Gasteiger partial charge on any atom is 0.469 e. The molecule has 4 atom stereocenters. The molecule has 0 aromatic carbocycles. The second-order valence-electron chi connectivity index (χ2n) is 2.83. The molecule has 1 rings (SSSR count). The molecule has 1 aliphatic rings. The van der Waals surface area contributed by atoms with Crippen molar-refractivity contribution in [3.05, 3.63) is 0 Å². The van der Waals surface area contributed by atoms with Crippen LogP contribution < -0.4 is 0 Å². The predicted molar refractivity (Wildman–Crippen MR) is 40.9 cm³/mol. The molecule has 5 N–H and O–H groups in total. The lowest BCUT2D eigenvalue weighted by atomic mass is 10.1. The third-order valence-electron chi connectivity index (χ3n) is 1.74. The first kappa shape index (κ1) is 12.0. The first-order valence-corrected chi connectivity index (χ1v) is 5.24. The molecule has 0 spiro atoms. The van der Waals surface area contributed by atoms with Crippen molar-refractivity contribution in [1.29, 1.82) is 0 Å². The lowest BCUT2D eigenvalue weighted by Gasteiger charge is -2.14. The average molecular weight is 230 g/mol. The molecule has 0 bridgehead atoms. The zero-order chi connectivity index (χ0) is 10.9. The zero-order valence-electron chi connectivity index (χ0n) is 6.92.